The summed E-state index contributed by atoms with van der Waals surface area (Å²) in [6.45, 7) is 3.40. The second-order valence-corrected chi connectivity index (χ2v) is 4.65. The Kier molecular flexibility index (Phi) is 3.42. The van der Waals surface area contributed by atoms with Gasteiger partial charge in [-0.2, -0.15) is 0 Å². The Balaban J connectivity index is 1.91. The first-order valence-corrected chi connectivity index (χ1v) is 5.80. The number of ether oxygens (including phenoxy) is 1. The third kappa shape index (κ3) is 2.27. The summed E-state index contributed by atoms with van der Waals surface area (Å²) < 4.78 is 5.96. The Bertz CT molecular complexity index is 171. The topological polar surface area (TPSA) is 41.5 Å². The highest BCUT2D eigenvalue weighted by molar-refractivity contribution is 4.90. The monoisotopic (exact) mass is 199 g/mol. The fourth-order valence-electron chi connectivity index (χ4n) is 2.79. The third-order valence-electron chi connectivity index (χ3n) is 3.65. The molecule has 1 atom stereocenters. The molecule has 0 bridgehead atoms. The van der Waals surface area contributed by atoms with Gasteiger partial charge in [-0.15, -0.1) is 0 Å². The summed E-state index contributed by atoms with van der Waals surface area (Å²) in [5.74, 6) is 0.687. The Morgan fingerprint density at radius 2 is 2.14 bits per heavy atom. The molecule has 3 nitrogen and oxygen atoms in total. The summed E-state index contributed by atoms with van der Waals surface area (Å²) in [6, 6.07) is 0. The molecule has 2 N–H and O–H groups in total. The molecule has 14 heavy (non-hydrogen) atoms. The second kappa shape index (κ2) is 4.60. The van der Waals surface area contributed by atoms with Crippen LogP contribution in [0.2, 0.25) is 0 Å². The van der Waals surface area contributed by atoms with Crippen LogP contribution in [0.25, 0.3) is 0 Å². The minimum Gasteiger partial charge on any atom is -0.396 e. The molecule has 0 aliphatic carbocycles. The van der Waals surface area contributed by atoms with E-state index in [1.807, 2.05) is 0 Å². The molecular weight excluding hydrogens is 178 g/mol. The van der Waals surface area contributed by atoms with Crippen LogP contribution in [-0.2, 0) is 4.74 Å². The highest BCUT2D eigenvalue weighted by Gasteiger charge is 2.37. The molecular formula is C11H21NO2. The van der Waals surface area contributed by atoms with Gasteiger partial charge < -0.3 is 15.2 Å². The number of nitrogens with one attached hydrogen (secondary N) is 1. The van der Waals surface area contributed by atoms with Crippen LogP contribution < -0.4 is 5.32 Å². The lowest BCUT2D eigenvalue weighted by Crippen LogP contribution is -2.48. The van der Waals surface area contributed by atoms with E-state index in [0.29, 0.717) is 12.5 Å². The van der Waals surface area contributed by atoms with Crippen LogP contribution in [-0.4, -0.2) is 37.0 Å². The van der Waals surface area contributed by atoms with E-state index in [2.05, 4.69) is 5.32 Å². The molecule has 2 heterocycles. The Labute approximate surface area is 85.8 Å². The van der Waals surface area contributed by atoms with Crippen molar-refractivity contribution in [1.82, 2.24) is 5.32 Å². The van der Waals surface area contributed by atoms with Crippen molar-refractivity contribution in [1.29, 1.82) is 0 Å². The summed E-state index contributed by atoms with van der Waals surface area (Å²) in [5.41, 5.74) is 0.156. The van der Waals surface area contributed by atoms with E-state index in [1.54, 1.807) is 0 Å². The van der Waals surface area contributed by atoms with Crippen LogP contribution in [0, 0.1) is 5.92 Å². The fourth-order valence-corrected chi connectivity index (χ4v) is 2.79. The molecule has 0 amide bonds. The average molecular weight is 199 g/mol. The molecule has 0 saturated carbocycles. The van der Waals surface area contributed by atoms with Crippen molar-refractivity contribution < 1.29 is 9.84 Å². The van der Waals surface area contributed by atoms with Crippen molar-refractivity contribution in [2.24, 2.45) is 5.92 Å². The van der Waals surface area contributed by atoms with Crippen LogP contribution in [0.5, 0.6) is 0 Å². The highest BCUT2D eigenvalue weighted by Crippen LogP contribution is 2.36. The number of aliphatic hydroxyl groups is 1. The molecule has 2 aliphatic heterocycles. The van der Waals surface area contributed by atoms with Crippen LogP contribution in [0.4, 0.5) is 0 Å². The zero-order chi connectivity index (χ0) is 9.86. The van der Waals surface area contributed by atoms with Gasteiger partial charge in [0.2, 0.25) is 0 Å². The second-order valence-electron chi connectivity index (χ2n) is 4.65. The standard InChI is InChI=1S/C11H21NO2/c13-7-1-10-2-8-14-11(9-10)3-5-12-6-4-11/h10,12-13H,1-9H2. The van der Waals surface area contributed by atoms with E-state index in [0.717, 1.165) is 51.8 Å². The molecule has 1 unspecified atom stereocenters. The van der Waals surface area contributed by atoms with Gasteiger partial charge in [-0.1, -0.05) is 0 Å². The predicted molar refractivity (Wildman–Crippen MR) is 55.2 cm³/mol. The molecule has 0 aromatic rings. The molecule has 3 heteroatoms. The Morgan fingerprint density at radius 1 is 1.36 bits per heavy atom. The maximum absolute atomic E-state index is 8.95. The third-order valence-corrected chi connectivity index (χ3v) is 3.65. The summed E-state index contributed by atoms with van der Waals surface area (Å²) in [4.78, 5) is 0. The minimum atomic E-state index is 0.156. The van der Waals surface area contributed by atoms with Crippen molar-refractivity contribution in [3.8, 4) is 0 Å². The van der Waals surface area contributed by atoms with Crippen molar-refractivity contribution >= 4 is 0 Å². The number of hydrogen-bond acceptors (Lipinski definition) is 3. The van der Waals surface area contributed by atoms with Gasteiger partial charge in [0.1, 0.15) is 0 Å². The smallest absolute Gasteiger partial charge is 0.0709 e. The average Bonchev–Trinajstić information content (AvgIpc) is 2.19. The summed E-state index contributed by atoms with van der Waals surface area (Å²) >= 11 is 0. The number of rotatable bonds is 2. The quantitative estimate of drug-likeness (QED) is 0.695. The molecule has 1 spiro atoms. The lowest BCUT2D eigenvalue weighted by molar-refractivity contribution is -0.115. The van der Waals surface area contributed by atoms with E-state index in [4.69, 9.17) is 9.84 Å². The van der Waals surface area contributed by atoms with Crippen LogP contribution >= 0.6 is 0 Å². The van der Waals surface area contributed by atoms with Gasteiger partial charge in [0.15, 0.2) is 0 Å². The molecule has 0 aromatic heterocycles. The molecule has 0 radical (unpaired) electrons. The molecule has 2 aliphatic rings. The van der Waals surface area contributed by atoms with Gasteiger partial charge in [-0.25, -0.2) is 0 Å². The van der Waals surface area contributed by atoms with Crippen molar-refractivity contribution in [2.75, 3.05) is 26.3 Å². The summed E-state index contributed by atoms with van der Waals surface area (Å²) in [5, 5.41) is 12.3. The zero-order valence-electron chi connectivity index (χ0n) is 8.80. The van der Waals surface area contributed by atoms with E-state index in [9.17, 15) is 0 Å². The van der Waals surface area contributed by atoms with Crippen LogP contribution in [0.3, 0.4) is 0 Å². The number of hydrogen-bond donors (Lipinski definition) is 2. The molecule has 2 fully saturated rings. The van der Waals surface area contributed by atoms with Crippen molar-refractivity contribution in [3.05, 3.63) is 0 Å². The minimum absolute atomic E-state index is 0.156. The van der Waals surface area contributed by atoms with Crippen molar-refractivity contribution in [3.63, 3.8) is 0 Å². The van der Waals surface area contributed by atoms with Gasteiger partial charge in [-0.05, 0) is 51.1 Å². The van der Waals surface area contributed by atoms with Crippen LogP contribution in [0.1, 0.15) is 32.1 Å². The molecule has 2 rings (SSSR count). The maximum Gasteiger partial charge on any atom is 0.0709 e. The molecule has 2 saturated heterocycles. The number of aliphatic hydroxyl groups excluding tert-OH is 1. The zero-order valence-corrected chi connectivity index (χ0v) is 8.80. The van der Waals surface area contributed by atoms with Crippen molar-refractivity contribution in [2.45, 2.75) is 37.7 Å². The Morgan fingerprint density at radius 3 is 2.86 bits per heavy atom. The lowest BCUT2D eigenvalue weighted by atomic mass is 9.79. The lowest BCUT2D eigenvalue weighted by Gasteiger charge is -2.43. The first-order valence-electron chi connectivity index (χ1n) is 5.80. The van der Waals surface area contributed by atoms with Gasteiger partial charge in [0.25, 0.3) is 0 Å². The SMILES string of the molecule is OCCC1CCOC2(CCNCC2)C1. The normalized spacial score (nSPS) is 31.9. The van der Waals surface area contributed by atoms with Gasteiger partial charge >= 0.3 is 0 Å². The Hall–Kier alpha value is -0.120. The summed E-state index contributed by atoms with van der Waals surface area (Å²) in [7, 11) is 0. The van der Waals surface area contributed by atoms with E-state index in [-0.39, 0.29) is 5.60 Å². The predicted octanol–water partition coefficient (Wildman–Crippen LogP) is 0.918. The van der Waals surface area contributed by atoms with Crippen LogP contribution in [0.15, 0.2) is 0 Å². The van der Waals surface area contributed by atoms with E-state index >= 15 is 0 Å². The summed E-state index contributed by atoms with van der Waals surface area (Å²) in [6.07, 6.45) is 5.55. The largest absolute Gasteiger partial charge is 0.396 e. The highest BCUT2D eigenvalue weighted by atomic mass is 16.5. The van der Waals surface area contributed by atoms with E-state index in [1.165, 1.54) is 0 Å². The molecule has 0 aromatic carbocycles. The number of piperidine rings is 1. The van der Waals surface area contributed by atoms with Gasteiger partial charge in [0.05, 0.1) is 5.60 Å². The van der Waals surface area contributed by atoms with Gasteiger partial charge in [0, 0.05) is 13.2 Å². The van der Waals surface area contributed by atoms with Gasteiger partial charge in [-0.3, -0.25) is 0 Å². The maximum atomic E-state index is 8.95. The first kappa shape index (κ1) is 10.4. The molecule has 82 valence electrons. The fraction of sp³-hybridized carbons (Fsp3) is 1.00. The van der Waals surface area contributed by atoms with E-state index < -0.39 is 0 Å². The first-order chi connectivity index (χ1) is 6.85.